The molecular formula is C35H39BF4N2. The number of anilines is 1. The van der Waals surface area contributed by atoms with Crippen molar-refractivity contribution in [3.05, 3.63) is 130 Å². The molecule has 0 bridgehead atoms. The van der Waals surface area contributed by atoms with Crippen molar-refractivity contribution in [3.8, 4) is 0 Å². The van der Waals surface area contributed by atoms with Gasteiger partial charge < -0.3 is 17.3 Å². The Morgan fingerprint density at radius 1 is 0.571 bits per heavy atom. The lowest BCUT2D eigenvalue weighted by Gasteiger charge is -2.27. The van der Waals surface area contributed by atoms with Gasteiger partial charge in [0.25, 0.3) is 0 Å². The van der Waals surface area contributed by atoms with E-state index in [0.717, 1.165) is 25.7 Å². The van der Waals surface area contributed by atoms with E-state index in [1.807, 2.05) is 0 Å². The van der Waals surface area contributed by atoms with Gasteiger partial charge in [0.2, 0.25) is 6.34 Å². The molecule has 1 heterocycles. The molecule has 4 aromatic carbocycles. The zero-order chi connectivity index (χ0) is 30.3. The third-order valence-corrected chi connectivity index (χ3v) is 7.88. The SMILES string of the molecule is CCc1cccc(CC)c1N1C=[N+](c2c(CC)cccc2CC)[C@@H](c2ccccc2)[C@@H]1c1ccccc1.F[B-](F)(F)F. The third kappa shape index (κ3) is 6.95. The van der Waals surface area contributed by atoms with Crippen molar-refractivity contribution in [2.75, 3.05) is 4.90 Å². The average molecular weight is 575 g/mol. The summed E-state index contributed by atoms with van der Waals surface area (Å²) in [5, 5.41) is 0. The summed E-state index contributed by atoms with van der Waals surface area (Å²) in [6, 6.07) is 36.2. The first kappa shape index (κ1) is 31.1. The predicted octanol–water partition coefficient (Wildman–Crippen LogP) is 9.91. The maximum Gasteiger partial charge on any atom is 0.673 e. The lowest BCUT2D eigenvalue weighted by molar-refractivity contribution is -0.482. The van der Waals surface area contributed by atoms with Gasteiger partial charge in [0.1, 0.15) is 11.4 Å². The molecule has 1 aliphatic heterocycles. The molecular weight excluding hydrogens is 535 g/mol. The summed E-state index contributed by atoms with van der Waals surface area (Å²) in [6.07, 6.45) is 6.47. The summed E-state index contributed by atoms with van der Waals surface area (Å²) in [6.45, 7) is 9.11. The maximum absolute atomic E-state index is 9.75. The fraction of sp³-hybridized carbons (Fsp3) is 0.286. The van der Waals surface area contributed by atoms with Gasteiger partial charge in [0.05, 0.1) is 0 Å². The first-order valence-electron chi connectivity index (χ1n) is 14.8. The highest BCUT2D eigenvalue weighted by atomic mass is 19.5. The summed E-state index contributed by atoms with van der Waals surface area (Å²) in [5.41, 5.74) is 11.1. The Hall–Kier alpha value is -3.87. The zero-order valence-electron chi connectivity index (χ0n) is 24.8. The van der Waals surface area contributed by atoms with Crippen LogP contribution in [-0.2, 0) is 25.7 Å². The molecule has 0 fully saturated rings. The van der Waals surface area contributed by atoms with E-state index in [1.165, 1.54) is 44.8 Å². The quantitative estimate of drug-likeness (QED) is 0.115. The second-order valence-electron chi connectivity index (χ2n) is 10.4. The summed E-state index contributed by atoms with van der Waals surface area (Å²) in [4.78, 5) is 2.59. The molecule has 42 heavy (non-hydrogen) atoms. The Kier molecular flexibility index (Phi) is 10.3. The predicted molar refractivity (Wildman–Crippen MR) is 167 cm³/mol. The minimum atomic E-state index is -6.00. The molecule has 2 atom stereocenters. The van der Waals surface area contributed by atoms with Gasteiger partial charge in [-0.2, -0.15) is 0 Å². The lowest BCUT2D eigenvalue weighted by Crippen LogP contribution is -2.28. The fourth-order valence-corrected chi connectivity index (χ4v) is 6.06. The Morgan fingerprint density at radius 3 is 1.40 bits per heavy atom. The largest absolute Gasteiger partial charge is 0.673 e. The van der Waals surface area contributed by atoms with Gasteiger partial charge >= 0.3 is 7.25 Å². The summed E-state index contributed by atoms with van der Waals surface area (Å²) >= 11 is 0. The molecule has 0 spiro atoms. The van der Waals surface area contributed by atoms with Crippen LogP contribution >= 0.6 is 0 Å². The first-order chi connectivity index (χ1) is 20.2. The summed E-state index contributed by atoms with van der Waals surface area (Å²) in [7, 11) is -6.00. The van der Waals surface area contributed by atoms with Crippen LogP contribution in [0, 0.1) is 0 Å². The molecule has 7 heteroatoms. The smallest absolute Gasteiger partial charge is 0.418 e. The van der Waals surface area contributed by atoms with Crippen LogP contribution in [0.1, 0.15) is 73.2 Å². The maximum atomic E-state index is 9.75. The Labute approximate surface area is 247 Å². The second kappa shape index (κ2) is 13.9. The lowest BCUT2D eigenvalue weighted by atomic mass is 9.90. The van der Waals surface area contributed by atoms with Crippen LogP contribution in [0.2, 0.25) is 0 Å². The van der Waals surface area contributed by atoms with Gasteiger partial charge in [-0.15, -0.1) is 0 Å². The fourth-order valence-electron chi connectivity index (χ4n) is 6.06. The molecule has 2 nitrogen and oxygen atoms in total. The van der Waals surface area contributed by atoms with Crippen molar-refractivity contribution in [2.24, 2.45) is 0 Å². The zero-order valence-corrected chi connectivity index (χ0v) is 24.8. The van der Waals surface area contributed by atoms with Crippen LogP contribution in [0.4, 0.5) is 28.6 Å². The third-order valence-electron chi connectivity index (χ3n) is 7.88. The molecule has 0 aromatic heterocycles. The van der Waals surface area contributed by atoms with Gasteiger partial charge in [-0.05, 0) is 47.9 Å². The van der Waals surface area contributed by atoms with Crippen molar-refractivity contribution in [1.82, 2.24) is 0 Å². The van der Waals surface area contributed by atoms with Crippen LogP contribution in [0.25, 0.3) is 0 Å². The minimum Gasteiger partial charge on any atom is -0.418 e. The normalized spacial score (nSPS) is 16.6. The van der Waals surface area contributed by atoms with E-state index in [-0.39, 0.29) is 12.1 Å². The number of aryl methyl sites for hydroxylation is 4. The van der Waals surface area contributed by atoms with Crippen molar-refractivity contribution < 1.29 is 21.8 Å². The number of halogens is 4. The minimum absolute atomic E-state index is 0.149. The van der Waals surface area contributed by atoms with Gasteiger partial charge in [0.15, 0.2) is 12.1 Å². The highest BCUT2D eigenvalue weighted by Gasteiger charge is 2.47. The van der Waals surface area contributed by atoms with Crippen molar-refractivity contribution >= 4 is 25.0 Å². The number of rotatable bonds is 8. The standard InChI is InChI=1S/C35H39N2.BF4/c1-5-26-21-15-22-27(6-2)32(26)36-25-37(33-28(7-3)23-16-24-29(33)8-4)35(31-19-13-10-14-20-31)34(36)30-17-11-9-12-18-30;2-1(3,4)5/h9-25,34-35H,5-8H2,1-4H3;/q+1;-1/t34-,35-;/m0./s1. The summed E-state index contributed by atoms with van der Waals surface area (Å²) in [5.74, 6) is 0. The average Bonchev–Trinajstić information content (AvgIpc) is 3.39. The van der Waals surface area contributed by atoms with Crippen LogP contribution in [0.3, 0.4) is 0 Å². The highest BCUT2D eigenvalue weighted by molar-refractivity contribution is 6.50. The molecule has 0 aliphatic carbocycles. The van der Waals surface area contributed by atoms with E-state index in [4.69, 9.17) is 0 Å². The van der Waals surface area contributed by atoms with Crippen molar-refractivity contribution in [3.63, 3.8) is 0 Å². The van der Waals surface area contributed by atoms with Crippen LogP contribution in [-0.4, -0.2) is 18.2 Å². The molecule has 5 rings (SSSR count). The molecule has 220 valence electrons. The number of para-hydroxylation sites is 2. The summed E-state index contributed by atoms with van der Waals surface area (Å²) < 4.78 is 41.6. The van der Waals surface area contributed by atoms with Gasteiger partial charge in [-0.1, -0.05) is 125 Å². The van der Waals surface area contributed by atoms with E-state index in [2.05, 4.69) is 141 Å². The van der Waals surface area contributed by atoms with E-state index in [9.17, 15) is 17.3 Å². The Morgan fingerprint density at radius 2 is 0.976 bits per heavy atom. The molecule has 0 saturated carbocycles. The Bertz CT molecular complexity index is 1440. The van der Waals surface area contributed by atoms with E-state index in [0.29, 0.717) is 0 Å². The molecule has 0 N–H and O–H groups in total. The van der Waals surface area contributed by atoms with Gasteiger partial charge in [-0.3, -0.25) is 0 Å². The number of nitrogens with zero attached hydrogens (tertiary/aromatic N) is 2. The van der Waals surface area contributed by atoms with Crippen LogP contribution < -0.4 is 4.90 Å². The van der Waals surface area contributed by atoms with Gasteiger partial charge in [0, 0.05) is 11.1 Å². The van der Waals surface area contributed by atoms with Crippen molar-refractivity contribution in [2.45, 2.75) is 65.5 Å². The van der Waals surface area contributed by atoms with E-state index in [1.54, 1.807) is 0 Å². The van der Waals surface area contributed by atoms with Crippen LogP contribution in [0.5, 0.6) is 0 Å². The molecule has 1 aliphatic rings. The van der Waals surface area contributed by atoms with Crippen molar-refractivity contribution in [1.29, 1.82) is 0 Å². The topological polar surface area (TPSA) is 6.25 Å². The molecule has 4 aromatic rings. The monoisotopic (exact) mass is 574 g/mol. The van der Waals surface area contributed by atoms with Gasteiger partial charge in [-0.25, -0.2) is 9.48 Å². The first-order valence-corrected chi connectivity index (χ1v) is 14.8. The number of benzene rings is 4. The highest BCUT2D eigenvalue weighted by Crippen LogP contribution is 2.48. The number of hydrogen-bond acceptors (Lipinski definition) is 1. The van der Waals surface area contributed by atoms with Crippen LogP contribution in [0.15, 0.2) is 97.1 Å². The molecule has 0 amide bonds. The second-order valence-corrected chi connectivity index (χ2v) is 10.4. The Balaban J connectivity index is 0.000000748. The molecule has 0 unspecified atom stereocenters. The van der Waals surface area contributed by atoms with E-state index >= 15 is 0 Å². The molecule has 0 saturated heterocycles. The van der Waals surface area contributed by atoms with E-state index < -0.39 is 7.25 Å². The molecule has 0 radical (unpaired) electrons. The number of hydrogen-bond donors (Lipinski definition) is 0.